The van der Waals surface area contributed by atoms with E-state index in [1.54, 1.807) is 0 Å². The van der Waals surface area contributed by atoms with Crippen LogP contribution in [0.4, 0.5) is 24.5 Å². The highest BCUT2D eigenvalue weighted by molar-refractivity contribution is 6.04. The monoisotopic (exact) mass is 326 g/mol. The summed E-state index contributed by atoms with van der Waals surface area (Å²) in [6, 6.07) is 7.72. The van der Waals surface area contributed by atoms with Crippen LogP contribution in [0.15, 0.2) is 42.5 Å². The maximum Gasteiger partial charge on any atom is 0.387 e. The van der Waals surface area contributed by atoms with E-state index in [-0.39, 0.29) is 17.0 Å². The summed E-state index contributed by atoms with van der Waals surface area (Å²) in [5.41, 5.74) is -0.641. The highest BCUT2D eigenvalue weighted by Gasteiger charge is 2.16. The molecule has 0 saturated heterocycles. The van der Waals surface area contributed by atoms with Gasteiger partial charge in [0.2, 0.25) is 5.82 Å². The average molecular weight is 326 g/mol. The molecule has 1 amide bonds. The van der Waals surface area contributed by atoms with Crippen LogP contribution in [0.3, 0.4) is 0 Å². The van der Waals surface area contributed by atoms with Crippen LogP contribution >= 0.6 is 0 Å². The number of hydrogen-bond donors (Lipinski definition) is 1. The molecule has 6 nitrogen and oxygen atoms in total. The van der Waals surface area contributed by atoms with Crippen LogP contribution in [0.1, 0.15) is 10.4 Å². The first-order valence-electron chi connectivity index (χ1n) is 6.17. The Bertz CT molecular complexity index is 735. The van der Waals surface area contributed by atoms with Gasteiger partial charge in [-0.15, -0.1) is 0 Å². The number of hydrogen-bond acceptors (Lipinski definition) is 4. The van der Waals surface area contributed by atoms with Gasteiger partial charge in [0.15, 0.2) is 0 Å². The van der Waals surface area contributed by atoms with Gasteiger partial charge in [0.25, 0.3) is 5.91 Å². The highest BCUT2D eigenvalue weighted by atomic mass is 19.3. The zero-order chi connectivity index (χ0) is 17.0. The number of amides is 1. The van der Waals surface area contributed by atoms with Gasteiger partial charge in [-0.2, -0.15) is 13.2 Å². The molecule has 0 atom stereocenters. The zero-order valence-electron chi connectivity index (χ0n) is 11.3. The fourth-order valence-corrected chi connectivity index (χ4v) is 1.72. The molecular weight excluding hydrogens is 317 g/mol. The lowest BCUT2D eigenvalue weighted by atomic mass is 10.2. The molecule has 23 heavy (non-hydrogen) atoms. The number of carbonyl (C=O) groups is 1. The van der Waals surface area contributed by atoms with E-state index in [9.17, 15) is 28.1 Å². The molecule has 2 aromatic rings. The smallest absolute Gasteiger partial charge is 0.387 e. The van der Waals surface area contributed by atoms with Gasteiger partial charge < -0.3 is 10.1 Å². The normalized spacial score (nSPS) is 10.4. The number of nitro groups is 1. The van der Waals surface area contributed by atoms with Crippen LogP contribution in [-0.2, 0) is 0 Å². The van der Waals surface area contributed by atoms with Crippen molar-refractivity contribution in [3.05, 3.63) is 64.0 Å². The van der Waals surface area contributed by atoms with E-state index in [4.69, 9.17) is 0 Å². The van der Waals surface area contributed by atoms with E-state index in [1.807, 2.05) is 0 Å². The molecule has 0 aromatic heterocycles. The van der Waals surface area contributed by atoms with E-state index in [0.29, 0.717) is 0 Å². The predicted molar refractivity (Wildman–Crippen MR) is 74.1 cm³/mol. The Labute approximate surface area is 127 Å². The van der Waals surface area contributed by atoms with E-state index >= 15 is 0 Å². The molecule has 0 aliphatic carbocycles. The van der Waals surface area contributed by atoms with Crippen LogP contribution in [-0.4, -0.2) is 17.4 Å². The third-order valence-corrected chi connectivity index (χ3v) is 2.74. The van der Waals surface area contributed by atoms with Gasteiger partial charge in [-0.1, -0.05) is 0 Å². The summed E-state index contributed by atoms with van der Waals surface area (Å²) < 4.78 is 41.4. The van der Waals surface area contributed by atoms with Gasteiger partial charge in [-0.3, -0.25) is 14.9 Å². The summed E-state index contributed by atoms with van der Waals surface area (Å²) in [6.07, 6.45) is 0. The van der Waals surface area contributed by atoms with E-state index < -0.39 is 28.9 Å². The molecule has 2 aromatic carbocycles. The lowest BCUT2D eigenvalue weighted by Gasteiger charge is -2.07. The van der Waals surface area contributed by atoms with Crippen LogP contribution in [0.2, 0.25) is 0 Å². The van der Waals surface area contributed by atoms with Crippen LogP contribution in [0.25, 0.3) is 0 Å². The number of anilines is 1. The van der Waals surface area contributed by atoms with Gasteiger partial charge in [0.05, 0.1) is 4.92 Å². The summed E-state index contributed by atoms with van der Waals surface area (Å²) >= 11 is 0. The lowest BCUT2D eigenvalue weighted by molar-refractivity contribution is -0.387. The van der Waals surface area contributed by atoms with E-state index in [2.05, 4.69) is 10.1 Å². The molecule has 0 fully saturated rings. The molecule has 0 heterocycles. The number of nitrogens with one attached hydrogen (secondary N) is 1. The van der Waals surface area contributed by atoms with Crippen LogP contribution in [0, 0.1) is 15.9 Å². The number of halogens is 3. The topological polar surface area (TPSA) is 81.5 Å². The average Bonchev–Trinajstić information content (AvgIpc) is 2.49. The highest BCUT2D eigenvalue weighted by Crippen LogP contribution is 2.22. The van der Waals surface area contributed by atoms with Gasteiger partial charge in [0, 0.05) is 17.3 Å². The summed E-state index contributed by atoms with van der Waals surface area (Å²) in [7, 11) is 0. The number of rotatable bonds is 5. The van der Waals surface area contributed by atoms with Crippen molar-refractivity contribution < 1.29 is 27.6 Å². The molecule has 0 bridgehead atoms. The first-order chi connectivity index (χ1) is 10.9. The second kappa shape index (κ2) is 6.77. The van der Waals surface area contributed by atoms with Crippen molar-refractivity contribution in [3.8, 4) is 5.75 Å². The molecule has 0 spiro atoms. The molecule has 2 rings (SSSR count). The number of nitrogens with zero attached hydrogens (tertiary/aromatic N) is 1. The molecule has 0 unspecified atom stereocenters. The van der Waals surface area contributed by atoms with Gasteiger partial charge in [-0.05, 0) is 36.4 Å². The maximum atomic E-state index is 13.2. The Kier molecular flexibility index (Phi) is 4.79. The molecule has 1 N–H and O–H groups in total. The third kappa shape index (κ3) is 4.19. The molecule has 120 valence electrons. The Balaban J connectivity index is 2.13. The number of carbonyl (C=O) groups excluding carboxylic acids is 1. The zero-order valence-corrected chi connectivity index (χ0v) is 11.3. The minimum atomic E-state index is -2.98. The Hall–Kier alpha value is -3.10. The molecular formula is C14H9F3N2O4. The van der Waals surface area contributed by atoms with Crippen LogP contribution in [0.5, 0.6) is 5.75 Å². The molecule has 0 aliphatic heterocycles. The Morgan fingerprint density at radius 1 is 1.17 bits per heavy atom. The Morgan fingerprint density at radius 3 is 2.39 bits per heavy atom. The minimum Gasteiger partial charge on any atom is -0.435 e. The minimum absolute atomic E-state index is 0.0241. The first kappa shape index (κ1) is 16.3. The van der Waals surface area contributed by atoms with E-state index in [1.165, 1.54) is 24.3 Å². The van der Waals surface area contributed by atoms with Gasteiger partial charge in [0.1, 0.15) is 5.75 Å². The molecule has 0 saturated carbocycles. The summed E-state index contributed by atoms with van der Waals surface area (Å²) in [6.45, 7) is -2.98. The second-order valence-electron chi connectivity index (χ2n) is 4.28. The van der Waals surface area contributed by atoms with Crippen molar-refractivity contribution >= 4 is 17.3 Å². The fraction of sp³-hybridized carbons (Fsp3) is 0.0714. The van der Waals surface area contributed by atoms with Crippen molar-refractivity contribution in [2.45, 2.75) is 6.61 Å². The van der Waals surface area contributed by atoms with Crippen molar-refractivity contribution in [1.29, 1.82) is 0 Å². The van der Waals surface area contributed by atoms with Crippen LogP contribution < -0.4 is 10.1 Å². The molecule has 0 aliphatic rings. The number of alkyl halides is 2. The number of ether oxygens (including phenoxy) is 1. The number of nitro benzene ring substituents is 1. The van der Waals surface area contributed by atoms with Crippen molar-refractivity contribution in [1.82, 2.24) is 0 Å². The number of benzene rings is 2. The van der Waals surface area contributed by atoms with Gasteiger partial charge >= 0.3 is 12.3 Å². The SMILES string of the molecule is O=C(Nc1ccc(F)c([N+](=O)[O-])c1)c1ccc(OC(F)F)cc1. The van der Waals surface area contributed by atoms with Crippen molar-refractivity contribution in [2.75, 3.05) is 5.32 Å². The van der Waals surface area contributed by atoms with Crippen molar-refractivity contribution in [3.63, 3.8) is 0 Å². The maximum absolute atomic E-state index is 13.2. The lowest BCUT2D eigenvalue weighted by Crippen LogP contribution is -2.12. The standard InChI is InChI=1S/C14H9F3N2O4/c15-11-6-3-9(7-12(11)19(21)22)18-13(20)8-1-4-10(5-2-8)23-14(16)17/h1-7,14H,(H,18,20). The fourth-order valence-electron chi connectivity index (χ4n) is 1.72. The summed E-state index contributed by atoms with van der Waals surface area (Å²) in [5, 5.41) is 13.0. The summed E-state index contributed by atoms with van der Waals surface area (Å²) in [5.74, 6) is -1.79. The Morgan fingerprint density at radius 2 is 1.83 bits per heavy atom. The first-order valence-corrected chi connectivity index (χ1v) is 6.17. The summed E-state index contributed by atoms with van der Waals surface area (Å²) in [4.78, 5) is 21.7. The second-order valence-corrected chi connectivity index (χ2v) is 4.28. The van der Waals surface area contributed by atoms with Gasteiger partial charge in [-0.25, -0.2) is 0 Å². The quantitative estimate of drug-likeness (QED) is 0.672. The third-order valence-electron chi connectivity index (χ3n) is 2.74. The van der Waals surface area contributed by atoms with Crippen molar-refractivity contribution in [2.24, 2.45) is 0 Å². The molecule has 0 radical (unpaired) electrons. The largest absolute Gasteiger partial charge is 0.435 e. The van der Waals surface area contributed by atoms with E-state index in [0.717, 1.165) is 18.2 Å². The predicted octanol–water partition coefficient (Wildman–Crippen LogP) is 3.59. The molecule has 9 heteroatoms.